The number of hydrogen-bond acceptors (Lipinski definition) is 7. The molecule has 0 radical (unpaired) electrons. The van der Waals surface area contributed by atoms with Gasteiger partial charge in [0.2, 0.25) is 0 Å². The number of imidazole rings is 1. The first-order chi connectivity index (χ1) is 17.0. The molecular formula is C25H29N5O5S. The minimum atomic E-state index is -3.72. The average Bonchev–Trinajstić information content (AvgIpc) is 3.43. The molecule has 0 aliphatic heterocycles. The second kappa shape index (κ2) is 9.30. The molecule has 1 amide bonds. The van der Waals surface area contributed by atoms with Gasteiger partial charge in [-0.3, -0.25) is 13.9 Å². The monoisotopic (exact) mass is 511 g/mol. The van der Waals surface area contributed by atoms with E-state index in [0.29, 0.717) is 28.5 Å². The number of aromatic nitrogens is 4. The van der Waals surface area contributed by atoms with Crippen LogP contribution in [0.4, 0.5) is 0 Å². The van der Waals surface area contributed by atoms with Gasteiger partial charge in [0.1, 0.15) is 33.4 Å². The SMILES string of the molecule is COc1ccccc1CNC(=O)c1cc(-c2cnc3cc(OC)c(S(=O)(=O)C(C)(C)C)cn23)nn1C. The van der Waals surface area contributed by atoms with Crippen LogP contribution in [-0.4, -0.2) is 52.5 Å². The molecule has 1 aromatic carbocycles. The third-order valence-electron chi connectivity index (χ3n) is 5.90. The van der Waals surface area contributed by atoms with E-state index in [4.69, 9.17) is 9.47 Å². The van der Waals surface area contributed by atoms with Crippen molar-refractivity contribution in [3.05, 3.63) is 60.0 Å². The van der Waals surface area contributed by atoms with Crippen molar-refractivity contribution in [2.24, 2.45) is 7.05 Å². The van der Waals surface area contributed by atoms with E-state index >= 15 is 0 Å². The maximum absolute atomic E-state index is 13.2. The number of fused-ring (bicyclic) bond motifs is 1. The highest BCUT2D eigenvalue weighted by molar-refractivity contribution is 7.92. The number of methoxy groups -OCH3 is 2. The Labute approximate surface area is 209 Å². The summed E-state index contributed by atoms with van der Waals surface area (Å²) in [5.74, 6) is 0.589. The molecule has 1 N–H and O–H groups in total. The summed E-state index contributed by atoms with van der Waals surface area (Å²) >= 11 is 0. The van der Waals surface area contributed by atoms with E-state index in [-0.39, 0.29) is 23.1 Å². The number of carbonyl (C=O) groups excluding carboxylic acids is 1. The van der Waals surface area contributed by atoms with Crippen molar-refractivity contribution in [2.45, 2.75) is 37.0 Å². The Morgan fingerprint density at radius 1 is 1.08 bits per heavy atom. The summed E-state index contributed by atoms with van der Waals surface area (Å²) in [7, 11) is 0.957. The lowest BCUT2D eigenvalue weighted by atomic mass is 10.2. The summed E-state index contributed by atoms with van der Waals surface area (Å²) in [4.78, 5) is 17.4. The fourth-order valence-electron chi connectivity index (χ4n) is 3.79. The molecule has 4 rings (SSSR count). The highest BCUT2D eigenvalue weighted by Gasteiger charge is 2.34. The van der Waals surface area contributed by atoms with Crippen LogP contribution < -0.4 is 14.8 Å². The van der Waals surface area contributed by atoms with Gasteiger partial charge in [0, 0.05) is 31.4 Å². The number of pyridine rings is 1. The predicted octanol–water partition coefficient (Wildman–Crippen LogP) is 3.25. The van der Waals surface area contributed by atoms with E-state index in [1.165, 1.54) is 18.0 Å². The van der Waals surface area contributed by atoms with E-state index in [2.05, 4.69) is 15.4 Å². The van der Waals surface area contributed by atoms with Crippen molar-refractivity contribution >= 4 is 21.4 Å². The summed E-state index contributed by atoms with van der Waals surface area (Å²) < 4.78 is 39.3. The molecule has 190 valence electrons. The molecule has 0 spiro atoms. The molecule has 11 heteroatoms. The minimum Gasteiger partial charge on any atom is -0.496 e. The second-order valence-corrected chi connectivity index (χ2v) is 11.9. The Morgan fingerprint density at radius 2 is 1.78 bits per heavy atom. The lowest BCUT2D eigenvalue weighted by molar-refractivity contribution is 0.0941. The fourth-order valence-corrected chi connectivity index (χ4v) is 5.10. The molecule has 10 nitrogen and oxygen atoms in total. The number of sulfone groups is 1. The van der Waals surface area contributed by atoms with E-state index < -0.39 is 14.6 Å². The Morgan fingerprint density at radius 3 is 2.44 bits per heavy atom. The number of carbonyl (C=O) groups is 1. The number of aryl methyl sites for hydroxylation is 1. The summed E-state index contributed by atoms with van der Waals surface area (Å²) in [6, 6.07) is 10.7. The number of rotatable bonds is 7. The van der Waals surface area contributed by atoms with Gasteiger partial charge in [-0.25, -0.2) is 13.4 Å². The molecule has 0 atom stereocenters. The quantitative estimate of drug-likeness (QED) is 0.405. The third kappa shape index (κ3) is 4.41. The fraction of sp³-hybridized carbons (Fsp3) is 0.320. The zero-order chi connectivity index (χ0) is 26.3. The molecule has 0 saturated heterocycles. The first-order valence-electron chi connectivity index (χ1n) is 11.2. The van der Waals surface area contributed by atoms with E-state index in [0.717, 1.165) is 5.56 Å². The Balaban J connectivity index is 1.70. The lowest BCUT2D eigenvalue weighted by Gasteiger charge is -2.21. The summed E-state index contributed by atoms with van der Waals surface area (Å²) in [6.45, 7) is 5.19. The first kappa shape index (κ1) is 25.2. The van der Waals surface area contributed by atoms with Crippen molar-refractivity contribution in [2.75, 3.05) is 14.2 Å². The van der Waals surface area contributed by atoms with Crippen molar-refractivity contribution in [1.29, 1.82) is 0 Å². The smallest absolute Gasteiger partial charge is 0.269 e. The van der Waals surface area contributed by atoms with E-state index in [1.807, 2.05) is 24.3 Å². The molecule has 36 heavy (non-hydrogen) atoms. The summed E-state index contributed by atoms with van der Waals surface area (Å²) in [5.41, 5.74) is 2.68. The largest absolute Gasteiger partial charge is 0.496 e. The van der Waals surface area contributed by atoms with Gasteiger partial charge >= 0.3 is 0 Å². The van der Waals surface area contributed by atoms with Gasteiger partial charge in [-0.15, -0.1) is 0 Å². The van der Waals surface area contributed by atoms with Gasteiger partial charge < -0.3 is 14.8 Å². The number of amides is 1. The lowest BCUT2D eigenvalue weighted by Crippen LogP contribution is -2.28. The molecule has 3 heterocycles. The van der Waals surface area contributed by atoms with Crippen LogP contribution in [0.2, 0.25) is 0 Å². The van der Waals surface area contributed by atoms with Gasteiger partial charge in [0.25, 0.3) is 5.91 Å². The van der Waals surface area contributed by atoms with Crippen LogP contribution in [0.3, 0.4) is 0 Å². The molecule has 0 aliphatic rings. The average molecular weight is 512 g/mol. The Bertz CT molecular complexity index is 1550. The van der Waals surface area contributed by atoms with Crippen LogP contribution in [0.1, 0.15) is 36.8 Å². The number of ether oxygens (including phenoxy) is 2. The molecule has 0 saturated carbocycles. The zero-order valence-electron chi connectivity index (χ0n) is 21.1. The number of para-hydroxylation sites is 1. The van der Waals surface area contributed by atoms with Crippen molar-refractivity contribution in [1.82, 2.24) is 24.5 Å². The standard InChI is InChI=1S/C25H29N5O5S/c1-25(2,3)36(32,33)22-15-30-19(14-26-23(30)12-21(22)35-6)17-11-18(29(4)28-17)24(31)27-13-16-9-7-8-10-20(16)34-5/h7-12,14-15H,13H2,1-6H3,(H,27,31). The highest BCUT2D eigenvalue weighted by atomic mass is 32.2. The Kier molecular flexibility index (Phi) is 6.52. The van der Waals surface area contributed by atoms with Crippen LogP contribution in [-0.2, 0) is 23.4 Å². The molecule has 0 fully saturated rings. The van der Waals surface area contributed by atoms with Gasteiger partial charge in [0.15, 0.2) is 9.84 Å². The molecule has 0 unspecified atom stereocenters. The van der Waals surface area contributed by atoms with Gasteiger partial charge in [-0.2, -0.15) is 5.10 Å². The highest BCUT2D eigenvalue weighted by Crippen LogP contribution is 2.34. The third-order valence-corrected chi connectivity index (χ3v) is 8.40. The number of hydrogen-bond donors (Lipinski definition) is 1. The van der Waals surface area contributed by atoms with Crippen molar-refractivity contribution in [3.8, 4) is 22.9 Å². The van der Waals surface area contributed by atoms with E-state index in [1.54, 1.807) is 57.7 Å². The molecule has 0 aliphatic carbocycles. The number of nitrogens with zero attached hydrogens (tertiary/aromatic N) is 4. The maximum atomic E-state index is 13.2. The number of nitrogens with one attached hydrogen (secondary N) is 1. The first-order valence-corrected chi connectivity index (χ1v) is 12.7. The van der Waals surface area contributed by atoms with Crippen LogP contribution in [0.15, 0.2) is 53.7 Å². The molecular weight excluding hydrogens is 482 g/mol. The van der Waals surface area contributed by atoms with Crippen molar-refractivity contribution < 1.29 is 22.7 Å². The number of benzene rings is 1. The van der Waals surface area contributed by atoms with Gasteiger partial charge in [0.05, 0.1) is 30.9 Å². The topological polar surface area (TPSA) is 117 Å². The van der Waals surface area contributed by atoms with Crippen LogP contribution in [0.25, 0.3) is 17.0 Å². The van der Waals surface area contributed by atoms with Crippen LogP contribution in [0, 0.1) is 0 Å². The van der Waals surface area contributed by atoms with E-state index in [9.17, 15) is 13.2 Å². The second-order valence-electron chi connectivity index (χ2n) is 9.23. The zero-order valence-corrected chi connectivity index (χ0v) is 21.9. The summed E-state index contributed by atoms with van der Waals surface area (Å²) in [5, 5.41) is 7.38. The predicted molar refractivity (Wildman–Crippen MR) is 135 cm³/mol. The van der Waals surface area contributed by atoms with Crippen LogP contribution in [0.5, 0.6) is 11.5 Å². The Hall–Kier alpha value is -3.86. The van der Waals surface area contributed by atoms with Crippen molar-refractivity contribution in [3.63, 3.8) is 0 Å². The summed E-state index contributed by atoms with van der Waals surface area (Å²) in [6.07, 6.45) is 3.08. The van der Waals surface area contributed by atoms with Gasteiger partial charge in [-0.1, -0.05) is 18.2 Å². The molecule has 4 aromatic rings. The van der Waals surface area contributed by atoms with Gasteiger partial charge in [-0.05, 0) is 32.9 Å². The normalized spacial score (nSPS) is 12.1. The van der Waals surface area contributed by atoms with Crippen LogP contribution >= 0.6 is 0 Å². The molecule has 3 aromatic heterocycles. The molecule has 0 bridgehead atoms. The minimum absolute atomic E-state index is 0.0509. The maximum Gasteiger partial charge on any atom is 0.269 e.